The van der Waals surface area contributed by atoms with Crippen molar-refractivity contribution in [1.29, 1.82) is 0 Å². The molecule has 11 nitrogen and oxygen atoms in total. The number of anilines is 1. The van der Waals surface area contributed by atoms with Crippen LogP contribution in [0.5, 0.6) is 0 Å². The quantitative estimate of drug-likeness (QED) is 0.380. The van der Waals surface area contributed by atoms with E-state index in [1.165, 1.54) is 10.7 Å². The summed E-state index contributed by atoms with van der Waals surface area (Å²) in [6, 6.07) is 17.5. The lowest BCUT2D eigenvalue weighted by Crippen LogP contribution is -2.39. The van der Waals surface area contributed by atoms with Crippen molar-refractivity contribution >= 4 is 23.8 Å². The van der Waals surface area contributed by atoms with E-state index in [0.29, 0.717) is 11.4 Å². The Bertz CT molecular complexity index is 1380. The number of hydrogen-bond donors (Lipinski definition) is 3. The maximum Gasteiger partial charge on any atom is 0.411 e. The molecule has 3 N–H and O–H groups in total. The van der Waals surface area contributed by atoms with E-state index in [9.17, 15) is 19.2 Å². The molecule has 11 heteroatoms. The van der Waals surface area contributed by atoms with Crippen LogP contribution in [0, 0.1) is 0 Å². The zero-order valence-corrected chi connectivity index (χ0v) is 22.4. The molecule has 0 saturated heterocycles. The van der Waals surface area contributed by atoms with Gasteiger partial charge in [0.25, 0.3) is 5.56 Å². The van der Waals surface area contributed by atoms with Gasteiger partial charge in [-0.3, -0.25) is 14.9 Å². The zero-order chi connectivity index (χ0) is 28.4. The summed E-state index contributed by atoms with van der Waals surface area (Å²) in [5, 5.41) is 12.4. The second kappa shape index (κ2) is 13.2. The number of carbonyl (C=O) groups is 3. The molecule has 0 radical (unpaired) electrons. The molecule has 0 saturated carbocycles. The van der Waals surface area contributed by atoms with E-state index >= 15 is 0 Å². The van der Waals surface area contributed by atoms with Gasteiger partial charge in [0.2, 0.25) is 5.91 Å². The van der Waals surface area contributed by atoms with Crippen LogP contribution in [0.25, 0.3) is 11.3 Å². The van der Waals surface area contributed by atoms with E-state index in [1.54, 1.807) is 52.0 Å². The van der Waals surface area contributed by atoms with Gasteiger partial charge in [-0.15, -0.1) is 0 Å². The Morgan fingerprint density at radius 2 is 1.72 bits per heavy atom. The van der Waals surface area contributed by atoms with Gasteiger partial charge in [-0.2, -0.15) is 5.10 Å². The summed E-state index contributed by atoms with van der Waals surface area (Å²) in [5.41, 5.74) is 2.41. The van der Waals surface area contributed by atoms with Crippen molar-refractivity contribution in [3.63, 3.8) is 0 Å². The van der Waals surface area contributed by atoms with Crippen LogP contribution in [-0.2, 0) is 27.4 Å². The van der Waals surface area contributed by atoms with Crippen molar-refractivity contribution < 1.29 is 23.9 Å². The summed E-state index contributed by atoms with van der Waals surface area (Å²) >= 11 is 0. The molecule has 0 spiro atoms. The molecular weight excluding hydrogens is 502 g/mol. The van der Waals surface area contributed by atoms with E-state index in [1.807, 2.05) is 30.3 Å². The van der Waals surface area contributed by atoms with Crippen LogP contribution < -0.4 is 21.5 Å². The molecule has 0 aliphatic rings. The highest BCUT2D eigenvalue weighted by Gasteiger charge is 2.17. The number of benzene rings is 2. The van der Waals surface area contributed by atoms with E-state index in [-0.39, 0.29) is 37.7 Å². The largest absolute Gasteiger partial charge is 0.450 e. The van der Waals surface area contributed by atoms with Crippen LogP contribution >= 0.6 is 0 Å². The van der Waals surface area contributed by atoms with Crippen molar-refractivity contribution in [2.75, 3.05) is 18.5 Å². The Morgan fingerprint density at radius 3 is 2.46 bits per heavy atom. The van der Waals surface area contributed by atoms with Crippen molar-refractivity contribution in [2.24, 2.45) is 0 Å². The number of nitrogens with zero attached hydrogens (tertiary/aromatic N) is 2. The molecule has 39 heavy (non-hydrogen) atoms. The number of nitrogens with one attached hydrogen (secondary N) is 3. The first kappa shape index (κ1) is 28.9. The highest BCUT2D eigenvalue weighted by atomic mass is 16.6. The van der Waals surface area contributed by atoms with Crippen LogP contribution in [0.1, 0.15) is 38.8 Å². The van der Waals surface area contributed by atoms with Crippen molar-refractivity contribution in [3.05, 3.63) is 82.1 Å². The van der Waals surface area contributed by atoms with E-state index < -0.39 is 17.8 Å². The smallest absolute Gasteiger partial charge is 0.411 e. The molecule has 0 fully saturated rings. The average molecular weight is 536 g/mol. The molecule has 0 aliphatic carbocycles. The fourth-order valence-corrected chi connectivity index (χ4v) is 3.56. The van der Waals surface area contributed by atoms with Gasteiger partial charge in [0.05, 0.1) is 18.8 Å². The minimum Gasteiger partial charge on any atom is -0.450 e. The highest BCUT2D eigenvalue weighted by Crippen LogP contribution is 2.21. The lowest BCUT2D eigenvalue weighted by Gasteiger charge is -2.19. The Morgan fingerprint density at radius 1 is 0.949 bits per heavy atom. The Kier molecular flexibility index (Phi) is 9.80. The number of carbonyl (C=O) groups excluding carboxylic acids is 3. The number of amides is 3. The molecule has 3 rings (SSSR count). The predicted molar refractivity (Wildman–Crippen MR) is 146 cm³/mol. The maximum absolute atomic E-state index is 12.6. The van der Waals surface area contributed by atoms with Crippen molar-refractivity contribution in [3.8, 4) is 11.3 Å². The number of alkyl carbamates (subject to hydrolysis) is 1. The molecule has 1 heterocycles. The van der Waals surface area contributed by atoms with Crippen molar-refractivity contribution in [2.45, 2.75) is 46.4 Å². The van der Waals surface area contributed by atoms with E-state index in [4.69, 9.17) is 9.47 Å². The summed E-state index contributed by atoms with van der Waals surface area (Å²) in [7, 11) is 0. The second-order valence-corrected chi connectivity index (χ2v) is 9.55. The molecule has 1 aromatic heterocycles. The van der Waals surface area contributed by atoms with Gasteiger partial charge < -0.3 is 20.1 Å². The van der Waals surface area contributed by atoms with Gasteiger partial charge in [-0.1, -0.05) is 36.4 Å². The summed E-state index contributed by atoms with van der Waals surface area (Å²) in [4.78, 5) is 48.4. The minimum atomic E-state index is -0.674. The normalized spacial score (nSPS) is 10.9. The van der Waals surface area contributed by atoms with Gasteiger partial charge in [0.1, 0.15) is 12.1 Å². The molecule has 206 valence electrons. The summed E-state index contributed by atoms with van der Waals surface area (Å²) in [6.07, 6.45) is -1.23. The number of rotatable bonds is 9. The molecular formula is C28H33N5O6. The SMILES string of the molecule is CCOC(=O)Nc1cccc(Cn2nc(-c3ccccc3CNC(=O)CNC(=O)OC(C)(C)C)ccc2=O)c1. The third-order valence-electron chi connectivity index (χ3n) is 5.21. The lowest BCUT2D eigenvalue weighted by molar-refractivity contribution is -0.120. The van der Waals surface area contributed by atoms with Crippen molar-refractivity contribution in [1.82, 2.24) is 20.4 Å². The standard InChI is InChI=1S/C28H33N5O6/c1-5-38-27(37)31-21-11-8-9-19(15-21)18-33-25(35)14-13-23(32-33)22-12-7-6-10-20(22)16-29-24(34)17-30-26(36)39-28(2,3)4/h6-15H,5,16-18H2,1-4H3,(H,29,34)(H,30,36)(H,31,37). The van der Waals surface area contributed by atoms with Crippen LogP contribution in [0.2, 0.25) is 0 Å². The van der Waals surface area contributed by atoms with E-state index in [2.05, 4.69) is 21.0 Å². The average Bonchev–Trinajstić information content (AvgIpc) is 2.87. The van der Waals surface area contributed by atoms with Crippen LogP contribution in [0.15, 0.2) is 65.5 Å². The number of aromatic nitrogens is 2. The molecule has 3 aromatic rings. The van der Waals surface area contributed by atoms with Crippen LogP contribution in [-0.4, -0.2) is 46.6 Å². The van der Waals surface area contributed by atoms with Gasteiger partial charge in [-0.25, -0.2) is 14.3 Å². The monoisotopic (exact) mass is 535 g/mol. The number of hydrogen-bond acceptors (Lipinski definition) is 7. The Hall–Kier alpha value is -4.67. The van der Waals surface area contributed by atoms with Gasteiger partial charge in [-0.05, 0) is 57.0 Å². The van der Waals surface area contributed by atoms with Crippen LogP contribution in [0.3, 0.4) is 0 Å². The first-order valence-electron chi connectivity index (χ1n) is 12.5. The molecule has 2 aromatic carbocycles. The van der Waals surface area contributed by atoms with Crippen LogP contribution in [0.4, 0.5) is 15.3 Å². The zero-order valence-electron chi connectivity index (χ0n) is 22.4. The second-order valence-electron chi connectivity index (χ2n) is 9.55. The fraction of sp³-hybridized carbons (Fsp3) is 0.321. The third-order valence-corrected chi connectivity index (χ3v) is 5.21. The Balaban J connectivity index is 1.70. The molecule has 0 atom stereocenters. The number of ether oxygens (including phenoxy) is 2. The molecule has 0 unspecified atom stereocenters. The molecule has 0 bridgehead atoms. The molecule has 0 aliphatic heterocycles. The first-order valence-corrected chi connectivity index (χ1v) is 12.5. The van der Waals surface area contributed by atoms with E-state index in [0.717, 1.165) is 16.7 Å². The lowest BCUT2D eigenvalue weighted by atomic mass is 10.0. The van der Waals surface area contributed by atoms with Gasteiger partial charge in [0, 0.05) is 23.9 Å². The predicted octanol–water partition coefficient (Wildman–Crippen LogP) is 3.67. The fourth-order valence-electron chi connectivity index (χ4n) is 3.56. The van der Waals surface area contributed by atoms with Gasteiger partial charge in [0.15, 0.2) is 0 Å². The summed E-state index contributed by atoms with van der Waals surface area (Å²) in [5.74, 6) is -0.384. The third kappa shape index (κ3) is 9.29. The first-order chi connectivity index (χ1) is 18.5. The topological polar surface area (TPSA) is 141 Å². The minimum absolute atomic E-state index is 0.181. The summed E-state index contributed by atoms with van der Waals surface area (Å²) < 4.78 is 11.4. The van der Waals surface area contributed by atoms with Gasteiger partial charge >= 0.3 is 12.2 Å². The highest BCUT2D eigenvalue weighted by molar-refractivity contribution is 5.84. The Labute approximate surface area is 226 Å². The maximum atomic E-state index is 12.6. The summed E-state index contributed by atoms with van der Waals surface area (Å²) in [6.45, 7) is 7.32. The molecule has 3 amide bonds.